The molecule has 4 aromatic rings. The maximum atomic E-state index is 13.6. The average molecular weight is 559 g/mol. The van der Waals surface area contributed by atoms with Crippen molar-refractivity contribution in [1.82, 2.24) is 38.5 Å². The van der Waals surface area contributed by atoms with E-state index in [1.807, 2.05) is 25.8 Å². The second-order valence-corrected chi connectivity index (χ2v) is 11.4. The van der Waals surface area contributed by atoms with Crippen LogP contribution in [0.3, 0.4) is 0 Å². The number of fused-ring (bicyclic) bond motifs is 3. The van der Waals surface area contributed by atoms with Crippen LogP contribution in [0.1, 0.15) is 40.0 Å². The summed E-state index contributed by atoms with van der Waals surface area (Å²) in [5, 5.41) is 9.83. The first-order chi connectivity index (χ1) is 18.9. The average Bonchev–Trinajstić information content (AvgIpc) is 3.61. The second-order valence-electron chi connectivity index (χ2n) is 9.42. The largest absolute Gasteiger partial charge is 0.493 e. The van der Waals surface area contributed by atoms with E-state index in [2.05, 4.69) is 15.2 Å². The van der Waals surface area contributed by atoms with E-state index in [1.54, 1.807) is 22.8 Å². The molecule has 1 aromatic carbocycles. The van der Waals surface area contributed by atoms with Crippen LogP contribution in [0.4, 0.5) is 0 Å². The Morgan fingerprint density at radius 1 is 1.00 bits per heavy atom. The summed E-state index contributed by atoms with van der Waals surface area (Å²) in [4.78, 5) is 26.9. The summed E-state index contributed by atoms with van der Waals surface area (Å²) in [5.41, 5.74) is 1.51. The molecular formula is C25H34N8O5S. The summed E-state index contributed by atoms with van der Waals surface area (Å²) in [5.74, 6) is 0.876. The van der Waals surface area contributed by atoms with Gasteiger partial charge in [-0.05, 0) is 37.5 Å². The summed E-state index contributed by atoms with van der Waals surface area (Å²) < 4.78 is 37.7. The maximum Gasteiger partial charge on any atom is 0.336 e. The minimum Gasteiger partial charge on any atom is -0.493 e. The molecule has 13 nitrogen and oxygen atoms in total. The number of sulfonamides is 1. The Morgan fingerprint density at radius 2 is 1.77 bits per heavy atom. The van der Waals surface area contributed by atoms with Gasteiger partial charge in [-0.2, -0.15) is 9.37 Å². The molecule has 1 aliphatic heterocycles. The first-order valence-corrected chi connectivity index (χ1v) is 14.8. The molecule has 14 heteroatoms. The van der Waals surface area contributed by atoms with Crippen LogP contribution in [0.2, 0.25) is 0 Å². The van der Waals surface area contributed by atoms with Gasteiger partial charge in [-0.25, -0.2) is 22.6 Å². The van der Waals surface area contributed by atoms with E-state index in [1.165, 1.54) is 15.0 Å². The number of nitrogens with one attached hydrogen (secondary N) is 1. The van der Waals surface area contributed by atoms with Crippen molar-refractivity contribution in [3.8, 4) is 17.1 Å². The van der Waals surface area contributed by atoms with E-state index in [0.29, 0.717) is 79.9 Å². The number of rotatable bonds is 11. The van der Waals surface area contributed by atoms with Crippen molar-refractivity contribution < 1.29 is 18.0 Å². The standard InChI is InChI=1S/C25H34N8O5S/c1-4-9-32-23-21(24-29-26-17-33(24)25(32)34)27-22(28-23)19-16-18(7-8-20(19)37-14-5-2)39(35,36)31-12-10-30(11-13-31)38-15-6-3/h7-8,16-17H,4-6,9-15H2,1-3H3,(H,27,28). The molecule has 210 valence electrons. The molecule has 0 amide bonds. The lowest BCUT2D eigenvalue weighted by Crippen LogP contribution is -2.48. The zero-order valence-electron chi connectivity index (χ0n) is 22.5. The Bertz CT molecular complexity index is 1620. The smallest absolute Gasteiger partial charge is 0.336 e. The van der Waals surface area contributed by atoms with E-state index in [-0.39, 0.29) is 10.6 Å². The van der Waals surface area contributed by atoms with Crippen molar-refractivity contribution >= 4 is 26.8 Å². The molecule has 0 atom stereocenters. The van der Waals surface area contributed by atoms with Crippen molar-refractivity contribution in [2.75, 3.05) is 39.4 Å². The summed E-state index contributed by atoms with van der Waals surface area (Å²) >= 11 is 0. The molecule has 1 saturated heterocycles. The molecule has 5 rings (SSSR count). The zero-order chi connectivity index (χ0) is 27.6. The number of H-pyrrole nitrogens is 1. The molecule has 3 aromatic heterocycles. The van der Waals surface area contributed by atoms with Gasteiger partial charge in [0.25, 0.3) is 0 Å². The van der Waals surface area contributed by atoms with Crippen molar-refractivity contribution in [2.45, 2.75) is 51.5 Å². The Hall–Kier alpha value is -3.33. The van der Waals surface area contributed by atoms with Gasteiger partial charge in [0.1, 0.15) is 23.4 Å². The number of piperazine rings is 1. The number of nitrogens with zero attached hydrogens (tertiary/aromatic N) is 7. The number of aryl methyl sites for hydroxylation is 1. The van der Waals surface area contributed by atoms with Crippen LogP contribution in [-0.2, 0) is 21.4 Å². The van der Waals surface area contributed by atoms with Gasteiger partial charge in [-0.3, -0.25) is 9.40 Å². The molecule has 0 aliphatic carbocycles. The highest BCUT2D eigenvalue weighted by atomic mass is 32.2. The van der Waals surface area contributed by atoms with Crippen LogP contribution in [-0.4, -0.2) is 86.3 Å². The monoisotopic (exact) mass is 558 g/mol. The zero-order valence-corrected chi connectivity index (χ0v) is 23.3. The minimum atomic E-state index is -3.78. The molecule has 0 bridgehead atoms. The quantitative estimate of drug-likeness (QED) is 0.294. The molecule has 0 radical (unpaired) electrons. The predicted octanol–water partition coefficient (Wildman–Crippen LogP) is 2.28. The molecule has 39 heavy (non-hydrogen) atoms. The lowest BCUT2D eigenvalue weighted by atomic mass is 10.2. The minimum absolute atomic E-state index is 0.142. The van der Waals surface area contributed by atoms with E-state index in [4.69, 9.17) is 14.6 Å². The van der Waals surface area contributed by atoms with Crippen LogP contribution >= 0.6 is 0 Å². The number of hydrogen-bond acceptors (Lipinski definition) is 9. The Balaban J connectivity index is 1.57. The molecule has 1 fully saturated rings. The second kappa shape index (κ2) is 11.4. The van der Waals surface area contributed by atoms with Crippen molar-refractivity contribution in [3.63, 3.8) is 0 Å². The normalized spacial score (nSPS) is 15.5. The number of aromatic amines is 1. The van der Waals surface area contributed by atoms with Gasteiger partial charge in [-0.1, -0.05) is 20.8 Å². The van der Waals surface area contributed by atoms with E-state index < -0.39 is 10.0 Å². The molecule has 1 N–H and O–H groups in total. The molecule has 0 spiro atoms. The summed E-state index contributed by atoms with van der Waals surface area (Å²) in [6.07, 6.45) is 3.77. The highest BCUT2D eigenvalue weighted by Gasteiger charge is 2.30. The molecule has 1 aliphatic rings. The predicted molar refractivity (Wildman–Crippen MR) is 145 cm³/mol. The highest BCUT2D eigenvalue weighted by molar-refractivity contribution is 7.89. The van der Waals surface area contributed by atoms with Crippen LogP contribution in [0, 0.1) is 0 Å². The summed E-state index contributed by atoms with van der Waals surface area (Å²) in [6.45, 7) is 9.17. The highest BCUT2D eigenvalue weighted by Crippen LogP contribution is 2.33. The van der Waals surface area contributed by atoms with Gasteiger partial charge in [0.05, 0.1) is 23.7 Å². The number of benzene rings is 1. The van der Waals surface area contributed by atoms with Crippen LogP contribution in [0.5, 0.6) is 5.75 Å². The fourth-order valence-corrected chi connectivity index (χ4v) is 6.08. The van der Waals surface area contributed by atoms with Gasteiger partial charge in [0, 0.05) is 32.7 Å². The SMILES string of the molecule is CCCOc1ccc(S(=O)(=O)N2CCN(OCCC)CC2)cc1-c1nc2c([nH]1)c1nncn1c(=O)n2CCC. The Morgan fingerprint density at radius 3 is 2.49 bits per heavy atom. The van der Waals surface area contributed by atoms with E-state index in [9.17, 15) is 13.2 Å². The number of aromatic nitrogens is 6. The van der Waals surface area contributed by atoms with Crippen molar-refractivity contribution in [1.29, 1.82) is 0 Å². The fourth-order valence-electron chi connectivity index (χ4n) is 4.64. The first-order valence-electron chi connectivity index (χ1n) is 13.4. The topological polar surface area (TPSA) is 140 Å². The van der Waals surface area contributed by atoms with Crippen LogP contribution in [0.25, 0.3) is 28.2 Å². The van der Waals surface area contributed by atoms with Crippen molar-refractivity contribution in [3.05, 3.63) is 35.0 Å². The van der Waals surface area contributed by atoms with E-state index in [0.717, 1.165) is 19.3 Å². The Kier molecular flexibility index (Phi) is 7.98. The number of ether oxygens (including phenoxy) is 1. The first kappa shape index (κ1) is 27.2. The third kappa shape index (κ3) is 5.16. The van der Waals surface area contributed by atoms with Crippen LogP contribution < -0.4 is 10.4 Å². The van der Waals surface area contributed by atoms with Gasteiger partial charge in [0.2, 0.25) is 10.0 Å². The maximum absolute atomic E-state index is 13.6. The lowest BCUT2D eigenvalue weighted by molar-refractivity contribution is -0.170. The van der Waals surface area contributed by atoms with Crippen LogP contribution in [0.15, 0.2) is 34.2 Å². The Labute approximate surface area is 226 Å². The van der Waals surface area contributed by atoms with Gasteiger partial charge in [0.15, 0.2) is 11.3 Å². The molecule has 0 saturated carbocycles. The number of hydrogen-bond donors (Lipinski definition) is 1. The summed E-state index contributed by atoms with van der Waals surface area (Å²) in [6, 6.07) is 4.81. The summed E-state index contributed by atoms with van der Waals surface area (Å²) in [7, 11) is -3.78. The van der Waals surface area contributed by atoms with E-state index >= 15 is 0 Å². The number of imidazole rings is 1. The number of hydroxylamine groups is 2. The van der Waals surface area contributed by atoms with Crippen molar-refractivity contribution in [2.24, 2.45) is 0 Å². The molecule has 4 heterocycles. The van der Waals surface area contributed by atoms with Gasteiger partial charge in [-0.15, -0.1) is 10.2 Å². The lowest BCUT2D eigenvalue weighted by Gasteiger charge is -2.33. The fraction of sp³-hybridized carbons (Fsp3) is 0.520. The third-order valence-corrected chi connectivity index (χ3v) is 8.47. The molecule has 0 unspecified atom stereocenters. The third-order valence-electron chi connectivity index (χ3n) is 6.58. The molecular weight excluding hydrogens is 524 g/mol. The van der Waals surface area contributed by atoms with Gasteiger partial charge >= 0.3 is 5.69 Å². The van der Waals surface area contributed by atoms with Gasteiger partial charge < -0.3 is 9.72 Å².